The van der Waals surface area contributed by atoms with Gasteiger partial charge < -0.3 is 14.8 Å². The fraction of sp³-hybridized carbons (Fsp3) is 0.188. The van der Waals surface area contributed by atoms with E-state index in [4.69, 9.17) is 9.47 Å². The molecule has 1 amide bonds. The number of nitrogens with one attached hydrogen (secondary N) is 1. The Bertz CT molecular complexity index is 581. The SMILES string of the molecule is COc1ccc(C(=O)NCCOc2ccc(F)cc2)cc1. The van der Waals surface area contributed by atoms with Crippen LogP contribution in [0.5, 0.6) is 11.5 Å². The predicted octanol–water partition coefficient (Wildman–Crippen LogP) is 2.64. The summed E-state index contributed by atoms with van der Waals surface area (Å²) in [5.41, 5.74) is 0.553. The van der Waals surface area contributed by atoms with Crippen LogP contribution in [0.15, 0.2) is 48.5 Å². The average molecular weight is 289 g/mol. The fourth-order valence-electron chi connectivity index (χ4n) is 1.71. The first kappa shape index (κ1) is 14.8. The zero-order valence-electron chi connectivity index (χ0n) is 11.6. The van der Waals surface area contributed by atoms with E-state index >= 15 is 0 Å². The smallest absolute Gasteiger partial charge is 0.251 e. The molecule has 0 unspecified atom stereocenters. The maximum Gasteiger partial charge on any atom is 0.251 e. The van der Waals surface area contributed by atoms with Crippen molar-refractivity contribution in [2.75, 3.05) is 20.3 Å². The second kappa shape index (κ2) is 7.28. The van der Waals surface area contributed by atoms with Gasteiger partial charge in [0, 0.05) is 5.56 Å². The van der Waals surface area contributed by atoms with Gasteiger partial charge >= 0.3 is 0 Å². The molecule has 0 aliphatic rings. The summed E-state index contributed by atoms with van der Waals surface area (Å²) in [5, 5.41) is 2.74. The molecule has 4 nitrogen and oxygen atoms in total. The Labute approximate surface area is 122 Å². The van der Waals surface area contributed by atoms with Crippen LogP contribution in [0.1, 0.15) is 10.4 Å². The van der Waals surface area contributed by atoms with E-state index in [1.54, 1.807) is 43.5 Å². The molecule has 110 valence electrons. The van der Waals surface area contributed by atoms with E-state index < -0.39 is 0 Å². The molecular weight excluding hydrogens is 273 g/mol. The molecule has 0 saturated heterocycles. The quantitative estimate of drug-likeness (QED) is 0.832. The Balaban J connectivity index is 1.74. The lowest BCUT2D eigenvalue weighted by Crippen LogP contribution is -2.28. The molecule has 0 saturated carbocycles. The van der Waals surface area contributed by atoms with Crippen molar-refractivity contribution < 1.29 is 18.7 Å². The highest BCUT2D eigenvalue weighted by Crippen LogP contribution is 2.12. The summed E-state index contributed by atoms with van der Waals surface area (Å²) in [6.07, 6.45) is 0. The second-order valence-corrected chi connectivity index (χ2v) is 4.29. The van der Waals surface area contributed by atoms with Gasteiger partial charge in [-0.05, 0) is 48.5 Å². The van der Waals surface area contributed by atoms with Gasteiger partial charge in [-0.25, -0.2) is 4.39 Å². The van der Waals surface area contributed by atoms with Crippen LogP contribution in [0, 0.1) is 5.82 Å². The maximum atomic E-state index is 12.7. The lowest BCUT2D eigenvalue weighted by molar-refractivity contribution is 0.0947. The molecule has 0 atom stereocenters. The van der Waals surface area contributed by atoms with E-state index in [1.807, 2.05) is 0 Å². The highest BCUT2D eigenvalue weighted by atomic mass is 19.1. The highest BCUT2D eigenvalue weighted by Gasteiger charge is 2.04. The molecule has 0 aromatic heterocycles. The third-order valence-corrected chi connectivity index (χ3v) is 2.82. The van der Waals surface area contributed by atoms with E-state index in [0.29, 0.717) is 30.2 Å². The van der Waals surface area contributed by atoms with Crippen molar-refractivity contribution in [3.63, 3.8) is 0 Å². The third kappa shape index (κ3) is 4.49. The van der Waals surface area contributed by atoms with E-state index in [2.05, 4.69) is 5.32 Å². The number of amides is 1. The van der Waals surface area contributed by atoms with Gasteiger partial charge in [0.15, 0.2) is 0 Å². The molecule has 1 N–H and O–H groups in total. The molecule has 0 spiro atoms. The first-order valence-electron chi connectivity index (χ1n) is 6.49. The van der Waals surface area contributed by atoms with Crippen molar-refractivity contribution >= 4 is 5.91 Å². The van der Waals surface area contributed by atoms with Crippen LogP contribution >= 0.6 is 0 Å². The van der Waals surface area contributed by atoms with Gasteiger partial charge in [-0.1, -0.05) is 0 Å². The maximum absolute atomic E-state index is 12.7. The van der Waals surface area contributed by atoms with Crippen LogP contribution in [-0.2, 0) is 0 Å². The van der Waals surface area contributed by atoms with Crippen molar-refractivity contribution in [2.24, 2.45) is 0 Å². The lowest BCUT2D eigenvalue weighted by atomic mass is 10.2. The molecule has 2 aromatic carbocycles. The Morgan fingerprint density at radius 2 is 1.67 bits per heavy atom. The molecule has 2 aromatic rings. The fourth-order valence-corrected chi connectivity index (χ4v) is 1.71. The number of ether oxygens (including phenoxy) is 2. The van der Waals surface area contributed by atoms with E-state index in [9.17, 15) is 9.18 Å². The van der Waals surface area contributed by atoms with Crippen LogP contribution in [0.3, 0.4) is 0 Å². The molecule has 2 rings (SSSR count). The van der Waals surface area contributed by atoms with E-state index in [-0.39, 0.29) is 11.7 Å². The minimum atomic E-state index is -0.310. The number of carbonyl (C=O) groups is 1. The Morgan fingerprint density at radius 3 is 2.29 bits per heavy atom. The Hall–Kier alpha value is -2.56. The summed E-state index contributed by atoms with van der Waals surface area (Å²) in [4.78, 5) is 11.8. The van der Waals surface area contributed by atoms with Crippen LogP contribution in [0.25, 0.3) is 0 Å². The lowest BCUT2D eigenvalue weighted by Gasteiger charge is -2.08. The van der Waals surface area contributed by atoms with Crippen LogP contribution in [-0.4, -0.2) is 26.2 Å². The largest absolute Gasteiger partial charge is 0.497 e. The summed E-state index contributed by atoms with van der Waals surface area (Å²) < 4.78 is 23.1. The molecular formula is C16H16FNO3. The van der Waals surface area contributed by atoms with Crippen LogP contribution in [0.4, 0.5) is 4.39 Å². The topological polar surface area (TPSA) is 47.6 Å². The second-order valence-electron chi connectivity index (χ2n) is 4.29. The van der Waals surface area contributed by atoms with Gasteiger partial charge in [-0.15, -0.1) is 0 Å². The number of hydrogen-bond acceptors (Lipinski definition) is 3. The summed E-state index contributed by atoms with van der Waals surface area (Å²) in [7, 11) is 1.57. The van der Waals surface area contributed by atoms with Crippen molar-refractivity contribution in [3.8, 4) is 11.5 Å². The van der Waals surface area contributed by atoms with Gasteiger partial charge in [0.25, 0.3) is 5.91 Å². The van der Waals surface area contributed by atoms with Crippen molar-refractivity contribution in [1.29, 1.82) is 0 Å². The first-order chi connectivity index (χ1) is 10.2. The van der Waals surface area contributed by atoms with Crippen molar-refractivity contribution in [3.05, 3.63) is 59.9 Å². The molecule has 0 fully saturated rings. The molecule has 21 heavy (non-hydrogen) atoms. The third-order valence-electron chi connectivity index (χ3n) is 2.82. The molecule has 0 heterocycles. The molecule has 5 heteroatoms. The number of halogens is 1. The molecule has 0 bridgehead atoms. The summed E-state index contributed by atoms with van der Waals surface area (Å²) >= 11 is 0. The first-order valence-corrected chi connectivity index (χ1v) is 6.49. The van der Waals surface area contributed by atoms with Gasteiger partial charge in [0.1, 0.15) is 23.9 Å². The molecule has 0 aliphatic heterocycles. The minimum absolute atomic E-state index is 0.180. The summed E-state index contributed by atoms with van der Waals surface area (Å²) in [6.45, 7) is 0.676. The molecule has 0 radical (unpaired) electrons. The van der Waals surface area contributed by atoms with Gasteiger partial charge in [-0.2, -0.15) is 0 Å². The molecule has 0 aliphatic carbocycles. The van der Waals surface area contributed by atoms with E-state index in [1.165, 1.54) is 12.1 Å². The van der Waals surface area contributed by atoms with Crippen LogP contribution in [0.2, 0.25) is 0 Å². The monoisotopic (exact) mass is 289 g/mol. The average Bonchev–Trinajstić information content (AvgIpc) is 2.53. The predicted molar refractivity (Wildman–Crippen MR) is 77.2 cm³/mol. The normalized spacial score (nSPS) is 10.0. The number of hydrogen-bond donors (Lipinski definition) is 1. The van der Waals surface area contributed by atoms with Gasteiger partial charge in [-0.3, -0.25) is 4.79 Å². The zero-order chi connectivity index (χ0) is 15.1. The number of carbonyl (C=O) groups excluding carboxylic acids is 1. The Kier molecular flexibility index (Phi) is 5.15. The van der Waals surface area contributed by atoms with Crippen molar-refractivity contribution in [2.45, 2.75) is 0 Å². The standard InChI is InChI=1S/C16H16FNO3/c1-20-14-6-2-12(3-7-14)16(19)18-10-11-21-15-8-4-13(17)5-9-15/h2-9H,10-11H2,1H3,(H,18,19). The highest BCUT2D eigenvalue weighted by molar-refractivity contribution is 5.94. The van der Waals surface area contributed by atoms with Gasteiger partial charge in [0.05, 0.1) is 13.7 Å². The van der Waals surface area contributed by atoms with Crippen molar-refractivity contribution in [1.82, 2.24) is 5.32 Å². The minimum Gasteiger partial charge on any atom is -0.497 e. The van der Waals surface area contributed by atoms with E-state index in [0.717, 1.165) is 0 Å². The number of methoxy groups -OCH3 is 1. The summed E-state index contributed by atoms with van der Waals surface area (Å²) in [5.74, 6) is 0.775. The zero-order valence-corrected chi connectivity index (χ0v) is 11.6. The van der Waals surface area contributed by atoms with Crippen LogP contribution < -0.4 is 14.8 Å². The number of rotatable bonds is 6. The van der Waals surface area contributed by atoms with Gasteiger partial charge in [0.2, 0.25) is 0 Å². The number of benzene rings is 2. The Morgan fingerprint density at radius 1 is 1.05 bits per heavy atom. The summed E-state index contributed by atoms with van der Waals surface area (Å²) in [6, 6.07) is 12.6.